The van der Waals surface area contributed by atoms with Crippen LogP contribution in [0.15, 0.2) is 48.5 Å². The molecule has 8 heteroatoms. The number of amides is 1. The molecule has 0 spiro atoms. The van der Waals surface area contributed by atoms with E-state index in [-0.39, 0.29) is 11.8 Å². The second-order valence-corrected chi connectivity index (χ2v) is 9.18. The standard InChI is InChI=1S/C26H34N6O2/c1-18(2)24(25(27)33)30-26-21-9-4-5-10-22(21)28-23(29-26)17-32-13-11-31(12-14-32)16-19-7-6-8-20(15-19)34-3/h4-10,15,18,24H,11-14,16-17H2,1-3H3,(H2,27,33)(H,28,29,30)/t24-/m0/s1. The van der Waals surface area contributed by atoms with Crippen LogP contribution in [0.25, 0.3) is 10.9 Å². The maximum atomic E-state index is 12.0. The van der Waals surface area contributed by atoms with Gasteiger partial charge in [-0.1, -0.05) is 38.1 Å². The van der Waals surface area contributed by atoms with Crippen LogP contribution in [0.3, 0.4) is 0 Å². The van der Waals surface area contributed by atoms with Crippen LogP contribution in [-0.2, 0) is 17.9 Å². The highest BCUT2D eigenvalue weighted by molar-refractivity contribution is 5.91. The number of carbonyl (C=O) groups excluding carboxylic acids is 1. The fourth-order valence-corrected chi connectivity index (χ4v) is 4.35. The van der Waals surface area contributed by atoms with Crippen LogP contribution in [0.1, 0.15) is 25.2 Å². The van der Waals surface area contributed by atoms with Crippen molar-refractivity contribution in [2.75, 3.05) is 38.6 Å². The van der Waals surface area contributed by atoms with E-state index < -0.39 is 6.04 Å². The van der Waals surface area contributed by atoms with Gasteiger partial charge in [-0.05, 0) is 35.7 Å². The summed E-state index contributed by atoms with van der Waals surface area (Å²) in [4.78, 5) is 26.4. The monoisotopic (exact) mass is 462 g/mol. The lowest BCUT2D eigenvalue weighted by Crippen LogP contribution is -2.45. The predicted molar refractivity (Wildman–Crippen MR) is 135 cm³/mol. The number of hydrogen-bond acceptors (Lipinski definition) is 7. The molecule has 1 aliphatic rings. The number of piperazine rings is 1. The van der Waals surface area contributed by atoms with Crippen molar-refractivity contribution in [3.8, 4) is 5.75 Å². The van der Waals surface area contributed by atoms with Gasteiger partial charge in [0.05, 0.1) is 19.2 Å². The second-order valence-electron chi connectivity index (χ2n) is 9.18. The molecule has 0 saturated carbocycles. The molecule has 3 aromatic rings. The van der Waals surface area contributed by atoms with Gasteiger partial charge in [0.15, 0.2) is 0 Å². The number of nitrogens with one attached hydrogen (secondary N) is 1. The Morgan fingerprint density at radius 2 is 1.74 bits per heavy atom. The molecule has 3 N–H and O–H groups in total. The number of nitrogens with zero attached hydrogens (tertiary/aromatic N) is 4. The fraction of sp³-hybridized carbons (Fsp3) is 0.423. The zero-order chi connectivity index (χ0) is 24.1. The molecular weight excluding hydrogens is 428 g/mol. The lowest BCUT2D eigenvalue weighted by Gasteiger charge is -2.34. The van der Waals surface area contributed by atoms with E-state index in [1.54, 1.807) is 7.11 Å². The van der Waals surface area contributed by atoms with Gasteiger partial charge in [0.2, 0.25) is 5.91 Å². The van der Waals surface area contributed by atoms with E-state index in [2.05, 4.69) is 27.2 Å². The summed E-state index contributed by atoms with van der Waals surface area (Å²) >= 11 is 0. The van der Waals surface area contributed by atoms with Crippen LogP contribution in [0.4, 0.5) is 5.82 Å². The largest absolute Gasteiger partial charge is 0.497 e. The van der Waals surface area contributed by atoms with Gasteiger partial charge >= 0.3 is 0 Å². The summed E-state index contributed by atoms with van der Waals surface area (Å²) in [6, 6.07) is 15.6. The van der Waals surface area contributed by atoms with E-state index in [1.165, 1.54) is 5.56 Å². The zero-order valence-corrected chi connectivity index (χ0v) is 20.2. The van der Waals surface area contributed by atoms with Crippen molar-refractivity contribution in [1.29, 1.82) is 0 Å². The van der Waals surface area contributed by atoms with Gasteiger partial charge in [0.1, 0.15) is 23.4 Å². The highest BCUT2D eigenvalue weighted by atomic mass is 16.5. The van der Waals surface area contributed by atoms with Gasteiger partial charge in [-0.25, -0.2) is 9.97 Å². The molecule has 0 bridgehead atoms. The smallest absolute Gasteiger partial charge is 0.240 e. The Kier molecular flexibility index (Phi) is 7.59. The average molecular weight is 463 g/mol. The molecular formula is C26H34N6O2. The zero-order valence-electron chi connectivity index (χ0n) is 20.2. The van der Waals surface area contributed by atoms with Gasteiger partial charge in [0.25, 0.3) is 0 Å². The summed E-state index contributed by atoms with van der Waals surface area (Å²) in [6.45, 7) is 9.36. The van der Waals surface area contributed by atoms with Crippen LogP contribution >= 0.6 is 0 Å². The van der Waals surface area contributed by atoms with Gasteiger partial charge in [-0.15, -0.1) is 0 Å². The predicted octanol–water partition coefficient (Wildman–Crippen LogP) is 2.88. The summed E-state index contributed by atoms with van der Waals surface area (Å²) in [5.41, 5.74) is 7.76. The van der Waals surface area contributed by atoms with Crippen LogP contribution in [0.5, 0.6) is 5.75 Å². The molecule has 0 aliphatic carbocycles. The molecule has 2 heterocycles. The van der Waals surface area contributed by atoms with Crippen molar-refractivity contribution in [1.82, 2.24) is 19.8 Å². The summed E-state index contributed by atoms with van der Waals surface area (Å²) < 4.78 is 5.35. The normalized spacial score (nSPS) is 16.0. The summed E-state index contributed by atoms with van der Waals surface area (Å²) in [7, 11) is 1.70. The Morgan fingerprint density at radius 1 is 1.03 bits per heavy atom. The van der Waals surface area contributed by atoms with Crippen molar-refractivity contribution >= 4 is 22.6 Å². The highest BCUT2D eigenvalue weighted by Gasteiger charge is 2.22. The minimum absolute atomic E-state index is 0.0485. The molecule has 1 aliphatic heterocycles. The quantitative estimate of drug-likeness (QED) is 0.505. The van der Waals surface area contributed by atoms with E-state index in [4.69, 9.17) is 20.4 Å². The van der Waals surface area contributed by atoms with E-state index in [9.17, 15) is 4.79 Å². The van der Waals surface area contributed by atoms with E-state index in [1.807, 2.05) is 50.2 Å². The van der Waals surface area contributed by atoms with E-state index in [0.29, 0.717) is 12.4 Å². The SMILES string of the molecule is COc1cccc(CN2CCN(Cc3nc(N[C@H](C(N)=O)C(C)C)c4ccccc4n3)CC2)c1. The number of methoxy groups -OCH3 is 1. The highest BCUT2D eigenvalue weighted by Crippen LogP contribution is 2.23. The average Bonchev–Trinajstić information content (AvgIpc) is 2.83. The summed E-state index contributed by atoms with van der Waals surface area (Å²) in [6.07, 6.45) is 0. The number of carbonyl (C=O) groups is 1. The second kappa shape index (κ2) is 10.8. The Hall–Kier alpha value is -3.23. The van der Waals surface area contributed by atoms with Crippen LogP contribution in [0, 0.1) is 5.92 Å². The molecule has 4 rings (SSSR count). The van der Waals surface area contributed by atoms with Crippen LogP contribution < -0.4 is 15.8 Å². The number of primary amides is 1. The number of ether oxygens (including phenoxy) is 1. The molecule has 2 aromatic carbocycles. The molecule has 1 fully saturated rings. The number of benzene rings is 2. The molecule has 0 radical (unpaired) electrons. The van der Waals surface area contributed by atoms with E-state index in [0.717, 1.165) is 55.2 Å². The minimum atomic E-state index is -0.494. The number of nitrogens with two attached hydrogens (primary N) is 1. The van der Waals surface area contributed by atoms with Crippen molar-refractivity contribution in [2.24, 2.45) is 11.7 Å². The van der Waals surface area contributed by atoms with Gasteiger partial charge in [-0.3, -0.25) is 14.6 Å². The summed E-state index contributed by atoms with van der Waals surface area (Å²) in [5.74, 6) is 1.97. The van der Waals surface area contributed by atoms with E-state index >= 15 is 0 Å². The Balaban J connectivity index is 1.43. The third kappa shape index (κ3) is 5.81. The number of hydrogen-bond donors (Lipinski definition) is 2. The lowest BCUT2D eigenvalue weighted by molar-refractivity contribution is -0.119. The van der Waals surface area contributed by atoms with Crippen LogP contribution in [0.2, 0.25) is 0 Å². The molecule has 0 unspecified atom stereocenters. The third-order valence-electron chi connectivity index (χ3n) is 6.29. The first-order valence-corrected chi connectivity index (χ1v) is 11.8. The maximum absolute atomic E-state index is 12.0. The van der Waals surface area contributed by atoms with Gasteiger partial charge in [0, 0.05) is 38.1 Å². The molecule has 34 heavy (non-hydrogen) atoms. The van der Waals surface area contributed by atoms with Crippen molar-refractivity contribution < 1.29 is 9.53 Å². The number of fused-ring (bicyclic) bond motifs is 1. The first-order chi connectivity index (χ1) is 16.4. The Labute approximate surface area is 201 Å². The topological polar surface area (TPSA) is 96.6 Å². The first kappa shape index (κ1) is 23.9. The lowest BCUT2D eigenvalue weighted by atomic mass is 10.0. The number of rotatable bonds is 9. The molecule has 1 amide bonds. The Bertz CT molecular complexity index is 1130. The molecule has 1 saturated heterocycles. The molecule has 180 valence electrons. The first-order valence-electron chi connectivity index (χ1n) is 11.8. The van der Waals surface area contributed by atoms with Gasteiger partial charge < -0.3 is 15.8 Å². The molecule has 1 atom stereocenters. The van der Waals surface area contributed by atoms with Crippen molar-refractivity contribution in [2.45, 2.75) is 33.0 Å². The van der Waals surface area contributed by atoms with Crippen LogP contribution in [-0.4, -0.2) is 65.0 Å². The van der Waals surface area contributed by atoms with Gasteiger partial charge in [-0.2, -0.15) is 0 Å². The molecule has 8 nitrogen and oxygen atoms in total. The number of para-hydroxylation sites is 1. The minimum Gasteiger partial charge on any atom is -0.497 e. The third-order valence-corrected chi connectivity index (χ3v) is 6.29. The molecule has 1 aromatic heterocycles. The fourth-order valence-electron chi connectivity index (χ4n) is 4.35. The summed E-state index contributed by atoms with van der Waals surface area (Å²) in [5, 5.41) is 4.17. The number of anilines is 1. The van der Waals surface area contributed by atoms with Crippen molar-refractivity contribution in [3.05, 3.63) is 59.9 Å². The maximum Gasteiger partial charge on any atom is 0.240 e. The Morgan fingerprint density at radius 3 is 2.41 bits per heavy atom. The van der Waals surface area contributed by atoms with Crippen molar-refractivity contribution in [3.63, 3.8) is 0 Å². The number of aromatic nitrogens is 2.